The first-order chi connectivity index (χ1) is 17.0. The van der Waals surface area contributed by atoms with Gasteiger partial charge in [0, 0.05) is 48.6 Å². The van der Waals surface area contributed by atoms with E-state index >= 15 is 0 Å². The molecule has 182 valence electrons. The van der Waals surface area contributed by atoms with Crippen molar-refractivity contribution >= 4 is 40.3 Å². The lowest BCUT2D eigenvalue weighted by Crippen LogP contribution is -2.35. The second-order valence-corrected chi connectivity index (χ2v) is 9.69. The molecule has 0 bridgehead atoms. The molecule has 0 radical (unpaired) electrons. The highest BCUT2D eigenvalue weighted by Gasteiger charge is 2.22. The Balaban J connectivity index is 1.39. The van der Waals surface area contributed by atoms with Gasteiger partial charge in [-0.25, -0.2) is 9.97 Å². The predicted molar refractivity (Wildman–Crippen MR) is 138 cm³/mol. The molecule has 4 heterocycles. The number of rotatable bonds is 7. The molecular weight excluding hydrogens is 486 g/mol. The lowest BCUT2D eigenvalue weighted by molar-refractivity contribution is 0.111. The Kier molecular flexibility index (Phi) is 6.94. The third-order valence-electron chi connectivity index (χ3n) is 5.94. The number of halogens is 1. The summed E-state index contributed by atoms with van der Waals surface area (Å²) in [7, 11) is 3.76. The number of H-pyrrole nitrogens is 1. The number of aromatic amines is 1. The van der Waals surface area contributed by atoms with E-state index in [9.17, 15) is 0 Å². The number of methoxy groups -OCH3 is 1. The van der Waals surface area contributed by atoms with Crippen molar-refractivity contribution in [1.29, 1.82) is 0 Å². The summed E-state index contributed by atoms with van der Waals surface area (Å²) in [5, 5.41) is 9.49. The van der Waals surface area contributed by atoms with Gasteiger partial charge >= 0.3 is 0 Å². The van der Waals surface area contributed by atoms with Gasteiger partial charge in [-0.1, -0.05) is 11.6 Å². The van der Waals surface area contributed by atoms with Crippen LogP contribution in [-0.2, 0) is 0 Å². The maximum absolute atomic E-state index is 6.60. The van der Waals surface area contributed by atoms with E-state index in [1.54, 1.807) is 19.4 Å². The Morgan fingerprint density at radius 3 is 2.77 bits per heavy atom. The number of nitrogens with one attached hydrogen (secondary N) is 2. The van der Waals surface area contributed by atoms with Crippen molar-refractivity contribution in [3.63, 3.8) is 0 Å². The van der Waals surface area contributed by atoms with Crippen LogP contribution in [0.3, 0.4) is 0 Å². The second-order valence-electron chi connectivity index (χ2n) is 8.45. The molecule has 5 rings (SSSR count). The fourth-order valence-electron chi connectivity index (χ4n) is 3.92. The average molecular weight is 512 g/mol. The van der Waals surface area contributed by atoms with Crippen LogP contribution in [0.15, 0.2) is 41.6 Å². The van der Waals surface area contributed by atoms with Crippen LogP contribution in [0.5, 0.6) is 11.6 Å². The maximum atomic E-state index is 6.60. The molecule has 0 unspecified atom stereocenters. The number of aryl methyl sites for hydroxylation is 1. The third-order valence-corrected chi connectivity index (χ3v) is 7.01. The lowest BCUT2D eigenvalue weighted by Gasteiger charge is -2.29. The molecule has 1 aliphatic heterocycles. The zero-order chi connectivity index (χ0) is 24.4. The van der Waals surface area contributed by atoms with Crippen LogP contribution in [0.2, 0.25) is 5.02 Å². The summed E-state index contributed by atoms with van der Waals surface area (Å²) in [6.07, 6.45) is 3.73. The van der Waals surface area contributed by atoms with E-state index < -0.39 is 0 Å². The van der Waals surface area contributed by atoms with Gasteiger partial charge in [-0.15, -0.1) is 0 Å². The smallest absolute Gasteiger partial charge is 0.228 e. The van der Waals surface area contributed by atoms with E-state index in [4.69, 9.17) is 26.1 Å². The van der Waals surface area contributed by atoms with Gasteiger partial charge in [-0.2, -0.15) is 10.1 Å². The van der Waals surface area contributed by atoms with Crippen LogP contribution >= 0.6 is 23.5 Å². The number of benzene rings is 1. The number of fused-ring (bicyclic) bond motifs is 1. The number of nitrogens with zero attached hydrogens (tertiary/aromatic N) is 5. The first-order valence-electron chi connectivity index (χ1n) is 11.3. The molecule has 1 aromatic carbocycles. The predicted octanol–water partition coefficient (Wildman–Crippen LogP) is 4.98. The summed E-state index contributed by atoms with van der Waals surface area (Å²) in [4.78, 5) is 16.1. The summed E-state index contributed by atoms with van der Waals surface area (Å²) in [5.74, 6) is 1.82. The Hall–Kier alpha value is -3.08. The van der Waals surface area contributed by atoms with Crippen LogP contribution in [0.1, 0.15) is 18.5 Å². The first-order valence-corrected chi connectivity index (χ1v) is 12.5. The number of aromatic nitrogens is 5. The Bertz CT molecular complexity index is 1340. The monoisotopic (exact) mass is 511 g/mol. The number of hydrogen-bond donors (Lipinski definition) is 2. The summed E-state index contributed by atoms with van der Waals surface area (Å²) >= 11 is 7.95. The molecule has 0 spiro atoms. The molecule has 0 amide bonds. The fourth-order valence-corrected chi connectivity index (χ4v) is 4.89. The Morgan fingerprint density at radius 2 is 2.00 bits per heavy atom. The molecular formula is C24H26ClN7O2S. The van der Waals surface area contributed by atoms with E-state index in [0.29, 0.717) is 22.4 Å². The largest absolute Gasteiger partial charge is 0.497 e. The van der Waals surface area contributed by atoms with Gasteiger partial charge < -0.3 is 19.1 Å². The van der Waals surface area contributed by atoms with Crippen molar-refractivity contribution in [2.24, 2.45) is 0 Å². The molecule has 9 nitrogen and oxygen atoms in total. The summed E-state index contributed by atoms with van der Waals surface area (Å²) < 4.78 is 14.9. The van der Waals surface area contributed by atoms with Gasteiger partial charge in [0.1, 0.15) is 22.3 Å². The number of hydrogen-bond acceptors (Lipinski definition) is 9. The summed E-state index contributed by atoms with van der Waals surface area (Å²) in [6.45, 7) is 3.96. The van der Waals surface area contributed by atoms with Gasteiger partial charge in [0.2, 0.25) is 5.88 Å². The molecule has 11 heteroatoms. The summed E-state index contributed by atoms with van der Waals surface area (Å²) in [5.41, 5.74) is 2.99. The summed E-state index contributed by atoms with van der Waals surface area (Å²) in [6, 6.07) is 9.30. The second kappa shape index (κ2) is 10.3. The van der Waals surface area contributed by atoms with Crippen LogP contribution < -0.4 is 14.2 Å². The topological polar surface area (TPSA) is 101 Å². The van der Waals surface area contributed by atoms with E-state index in [1.165, 1.54) is 11.9 Å². The molecule has 2 N–H and O–H groups in total. The van der Waals surface area contributed by atoms with E-state index in [0.717, 1.165) is 59.0 Å². The average Bonchev–Trinajstić information content (AvgIpc) is 3.25. The number of pyridine rings is 1. The number of piperidine rings is 1. The lowest BCUT2D eigenvalue weighted by atomic mass is 10.1. The maximum Gasteiger partial charge on any atom is 0.228 e. The van der Waals surface area contributed by atoms with Gasteiger partial charge in [-0.05, 0) is 51.1 Å². The van der Waals surface area contributed by atoms with E-state index in [-0.39, 0.29) is 6.10 Å². The van der Waals surface area contributed by atoms with E-state index in [2.05, 4.69) is 36.8 Å². The number of ether oxygens (including phenoxy) is 2. The molecule has 0 aliphatic carbocycles. The van der Waals surface area contributed by atoms with Crippen molar-refractivity contribution in [3.8, 4) is 23.0 Å². The zero-order valence-corrected chi connectivity index (χ0v) is 21.3. The highest BCUT2D eigenvalue weighted by Crippen LogP contribution is 2.34. The fraction of sp³-hybridized carbons (Fsp3) is 0.333. The minimum absolute atomic E-state index is 0.115. The van der Waals surface area contributed by atoms with Crippen molar-refractivity contribution in [1.82, 2.24) is 30.0 Å². The van der Waals surface area contributed by atoms with Crippen LogP contribution in [0, 0.1) is 6.92 Å². The quantitative estimate of drug-likeness (QED) is 0.333. The van der Waals surface area contributed by atoms with Crippen molar-refractivity contribution in [2.75, 3.05) is 32.0 Å². The minimum atomic E-state index is 0.115. The highest BCUT2D eigenvalue weighted by atomic mass is 35.5. The zero-order valence-electron chi connectivity index (χ0n) is 19.7. The van der Waals surface area contributed by atoms with Gasteiger partial charge in [0.15, 0.2) is 11.5 Å². The van der Waals surface area contributed by atoms with Gasteiger partial charge in [0.05, 0.1) is 17.8 Å². The van der Waals surface area contributed by atoms with Crippen molar-refractivity contribution < 1.29 is 9.47 Å². The standard InChI is InChI=1S/C24H26ClN7O2S/c1-14-21-23(30-29-14)27-22(28-24(21)34-16-7-10-32(2)11-8-16)15-4-5-19(18(25)12-15)31-35-20-13-17(33-3)6-9-26-20/h4-6,9,12-13,16,31H,7-8,10-11H2,1-3H3,(H,27,28,29,30). The van der Waals surface area contributed by atoms with Crippen LogP contribution in [0.4, 0.5) is 5.69 Å². The Morgan fingerprint density at radius 1 is 1.17 bits per heavy atom. The number of likely N-dealkylation sites (tertiary alicyclic amines) is 1. The van der Waals surface area contributed by atoms with Gasteiger partial charge in [0.25, 0.3) is 0 Å². The third kappa shape index (κ3) is 5.29. The molecule has 1 fully saturated rings. The van der Waals surface area contributed by atoms with Crippen molar-refractivity contribution in [3.05, 3.63) is 47.2 Å². The minimum Gasteiger partial charge on any atom is -0.497 e. The molecule has 4 aromatic rings. The normalized spacial score (nSPS) is 14.9. The highest BCUT2D eigenvalue weighted by molar-refractivity contribution is 8.00. The molecule has 1 aliphatic rings. The van der Waals surface area contributed by atoms with Crippen LogP contribution in [-0.4, -0.2) is 63.4 Å². The van der Waals surface area contributed by atoms with Gasteiger partial charge in [-0.3, -0.25) is 5.10 Å². The number of anilines is 1. The molecule has 0 saturated carbocycles. The molecule has 3 aromatic heterocycles. The molecule has 35 heavy (non-hydrogen) atoms. The van der Waals surface area contributed by atoms with Crippen molar-refractivity contribution in [2.45, 2.75) is 30.9 Å². The SMILES string of the molecule is COc1ccnc(SNc2ccc(-c3nc(OC4CCN(C)CC4)c4c(C)[nH]nc4n3)cc2Cl)c1. The Labute approximate surface area is 212 Å². The van der Waals surface area contributed by atoms with Crippen LogP contribution in [0.25, 0.3) is 22.4 Å². The first kappa shape index (κ1) is 23.7. The molecule has 0 atom stereocenters. The molecule has 1 saturated heterocycles. The van der Waals surface area contributed by atoms with E-state index in [1.807, 2.05) is 31.2 Å².